The van der Waals surface area contributed by atoms with E-state index in [1.807, 2.05) is 16.7 Å². The van der Waals surface area contributed by atoms with Crippen molar-refractivity contribution in [3.63, 3.8) is 0 Å². The van der Waals surface area contributed by atoms with E-state index >= 15 is 0 Å². The first-order valence-electron chi connectivity index (χ1n) is 5.66. The van der Waals surface area contributed by atoms with Gasteiger partial charge in [-0.3, -0.25) is 4.79 Å². The lowest BCUT2D eigenvalue weighted by molar-refractivity contribution is -0.132. The molecule has 1 rings (SSSR count). The number of thioether (sulfide) groups is 1. The predicted octanol–water partition coefficient (Wildman–Crippen LogP) is 1.32. The molecule has 0 spiro atoms. The summed E-state index contributed by atoms with van der Waals surface area (Å²) in [5.41, 5.74) is 5.90. The summed E-state index contributed by atoms with van der Waals surface area (Å²) in [7, 11) is 0. The summed E-state index contributed by atoms with van der Waals surface area (Å²) in [4.78, 5) is 13.9. The summed E-state index contributed by atoms with van der Waals surface area (Å²) in [6.07, 6.45) is 0.789. The molecule has 1 saturated heterocycles. The van der Waals surface area contributed by atoms with E-state index in [0.29, 0.717) is 11.2 Å². The standard InChI is InChI=1S/C11H22N2OS/c1-8(2)6-10(12)11(14)13-4-5-15-9(3)7-13/h8-10H,4-7,12H2,1-3H3/t9?,10-/m0/s1. The molecule has 2 atom stereocenters. The number of hydrogen-bond donors (Lipinski definition) is 1. The highest BCUT2D eigenvalue weighted by Gasteiger charge is 2.25. The largest absolute Gasteiger partial charge is 0.339 e. The van der Waals surface area contributed by atoms with Crippen molar-refractivity contribution < 1.29 is 4.79 Å². The van der Waals surface area contributed by atoms with Crippen LogP contribution in [0.5, 0.6) is 0 Å². The first-order chi connectivity index (χ1) is 7.00. The zero-order valence-corrected chi connectivity index (χ0v) is 10.7. The average Bonchev–Trinajstić information content (AvgIpc) is 2.15. The van der Waals surface area contributed by atoms with Crippen molar-refractivity contribution in [2.75, 3.05) is 18.8 Å². The molecule has 1 fully saturated rings. The van der Waals surface area contributed by atoms with Crippen molar-refractivity contribution in [2.45, 2.75) is 38.5 Å². The van der Waals surface area contributed by atoms with Crippen LogP contribution in [0.1, 0.15) is 27.2 Å². The number of nitrogens with zero attached hydrogens (tertiary/aromatic N) is 1. The van der Waals surface area contributed by atoms with Gasteiger partial charge in [-0.2, -0.15) is 11.8 Å². The lowest BCUT2D eigenvalue weighted by Gasteiger charge is -2.32. The molecule has 1 heterocycles. The molecule has 0 saturated carbocycles. The molecule has 15 heavy (non-hydrogen) atoms. The van der Waals surface area contributed by atoms with Crippen LogP contribution >= 0.6 is 11.8 Å². The second-order valence-corrected chi connectivity index (χ2v) is 6.25. The van der Waals surface area contributed by atoms with Crippen LogP contribution in [0, 0.1) is 5.92 Å². The van der Waals surface area contributed by atoms with Gasteiger partial charge in [0.05, 0.1) is 6.04 Å². The number of amides is 1. The molecule has 0 aromatic rings. The second kappa shape index (κ2) is 5.75. The van der Waals surface area contributed by atoms with Gasteiger partial charge in [0.2, 0.25) is 5.91 Å². The summed E-state index contributed by atoms with van der Waals surface area (Å²) in [5.74, 6) is 1.66. The monoisotopic (exact) mass is 230 g/mol. The zero-order valence-electron chi connectivity index (χ0n) is 9.90. The number of carbonyl (C=O) groups is 1. The third-order valence-corrected chi connectivity index (χ3v) is 3.73. The van der Waals surface area contributed by atoms with E-state index in [4.69, 9.17) is 5.73 Å². The lowest BCUT2D eigenvalue weighted by Crippen LogP contribution is -2.49. The Bertz CT molecular complexity index is 221. The number of hydrogen-bond acceptors (Lipinski definition) is 3. The minimum absolute atomic E-state index is 0.135. The van der Waals surface area contributed by atoms with Crippen molar-refractivity contribution in [2.24, 2.45) is 11.7 Å². The quantitative estimate of drug-likeness (QED) is 0.795. The Hall–Kier alpha value is -0.220. The lowest BCUT2D eigenvalue weighted by atomic mass is 10.0. The van der Waals surface area contributed by atoms with Crippen LogP contribution < -0.4 is 5.73 Å². The topological polar surface area (TPSA) is 46.3 Å². The molecule has 0 aliphatic carbocycles. The Morgan fingerprint density at radius 3 is 2.80 bits per heavy atom. The molecule has 0 aromatic heterocycles. The van der Waals surface area contributed by atoms with Gasteiger partial charge in [0.15, 0.2) is 0 Å². The molecule has 1 unspecified atom stereocenters. The fraction of sp³-hybridized carbons (Fsp3) is 0.909. The van der Waals surface area contributed by atoms with Crippen molar-refractivity contribution >= 4 is 17.7 Å². The van der Waals surface area contributed by atoms with Gasteiger partial charge in [-0.1, -0.05) is 20.8 Å². The molecular weight excluding hydrogens is 208 g/mol. The Kier molecular flexibility index (Phi) is 4.93. The van der Waals surface area contributed by atoms with Gasteiger partial charge in [0, 0.05) is 24.1 Å². The maximum atomic E-state index is 12.0. The van der Waals surface area contributed by atoms with E-state index in [0.717, 1.165) is 25.3 Å². The Morgan fingerprint density at radius 2 is 2.27 bits per heavy atom. The molecule has 4 heteroatoms. The normalized spacial score (nSPS) is 24.3. The predicted molar refractivity (Wildman–Crippen MR) is 65.9 cm³/mol. The summed E-state index contributed by atoms with van der Waals surface area (Å²) in [5, 5.41) is 0.550. The summed E-state index contributed by atoms with van der Waals surface area (Å²) in [6, 6.07) is -0.305. The first kappa shape index (κ1) is 12.8. The van der Waals surface area contributed by atoms with Crippen molar-refractivity contribution in [1.82, 2.24) is 4.90 Å². The highest BCUT2D eigenvalue weighted by Crippen LogP contribution is 2.18. The number of carbonyl (C=O) groups excluding carboxylic acids is 1. The van der Waals surface area contributed by atoms with Gasteiger partial charge in [0.1, 0.15) is 0 Å². The van der Waals surface area contributed by atoms with Gasteiger partial charge in [-0.15, -0.1) is 0 Å². The zero-order chi connectivity index (χ0) is 11.4. The molecule has 0 bridgehead atoms. The van der Waals surface area contributed by atoms with Gasteiger partial charge >= 0.3 is 0 Å². The highest BCUT2D eigenvalue weighted by atomic mass is 32.2. The van der Waals surface area contributed by atoms with E-state index in [1.54, 1.807) is 0 Å². The molecular formula is C11H22N2OS. The third-order valence-electron chi connectivity index (χ3n) is 2.60. The van der Waals surface area contributed by atoms with Gasteiger partial charge in [-0.25, -0.2) is 0 Å². The minimum Gasteiger partial charge on any atom is -0.339 e. The van der Waals surface area contributed by atoms with E-state index in [-0.39, 0.29) is 11.9 Å². The fourth-order valence-corrected chi connectivity index (χ4v) is 2.88. The van der Waals surface area contributed by atoms with Gasteiger partial charge < -0.3 is 10.6 Å². The molecule has 1 aliphatic rings. The summed E-state index contributed by atoms with van der Waals surface area (Å²) >= 11 is 1.93. The molecule has 0 radical (unpaired) electrons. The van der Waals surface area contributed by atoms with Crippen LogP contribution in [0.2, 0.25) is 0 Å². The Balaban J connectivity index is 2.44. The smallest absolute Gasteiger partial charge is 0.239 e. The molecule has 2 N–H and O–H groups in total. The van der Waals surface area contributed by atoms with Crippen LogP contribution in [-0.4, -0.2) is 40.9 Å². The van der Waals surface area contributed by atoms with E-state index in [2.05, 4.69) is 20.8 Å². The molecule has 1 amide bonds. The van der Waals surface area contributed by atoms with Crippen molar-refractivity contribution in [3.05, 3.63) is 0 Å². The maximum absolute atomic E-state index is 12.0. The van der Waals surface area contributed by atoms with Crippen molar-refractivity contribution in [1.29, 1.82) is 0 Å². The minimum atomic E-state index is -0.305. The first-order valence-corrected chi connectivity index (χ1v) is 6.71. The SMILES string of the molecule is CC(C)C[C@H](N)C(=O)N1CCSC(C)C1. The van der Waals surface area contributed by atoms with E-state index in [9.17, 15) is 4.79 Å². The molecule has 0 aromatic carbocycles. The van der Waals surface area contributed by atoms with Crippen LogP contribution in [0.4, 0.5) is 0 Å². The fourth-order valence-electron chi connectivity index (χ4n) is 1.86. The van der Waals surface area contributed by atoms with Crippen LogP contribution in [0.15, 0.2) is 0 Å². The number of rotatable bonds is 3. The Labute approximate surface area is 96.8 Å². The van der Waals surface area contributed by atoms with Gasteiger partial charge in [0.25, 0.3) is 0 Å². The van der Waals surface area contributed by atoms with Gasteiger partial charge in [-0.05, 0) is 12.3 Å². The molecule has 3 nitrogen and oxygen atoms in total. The Morgan fingerprint density at radius 1 is 1.60 bits per heavy atom. The highest BCUT2D eigenvalue weighted by molar-refractivity contribution is 7.99. The second-order valence-electron chi connectivity index (χ2n) is 4.70. The maximum Gasteiger partial charge on any atom is 0.239 e. The molecule has 1 aliphatic heterocycles. The van der Waals surface area contributed by atoms with Crippen LogP contribution in [-0.2, 0) is 4.79 Å². The average molecular weight is 230 g/mol. The van der Waals surface area contributed by atoms with Crippen molar-refractivity contribution in [3.8, 4) is 0 Å². The third kappa shape index (κ3) is 4.03. The van der Waals surface area contributed by atoms with Crippen LogP contribution in [0.25, 0.3) is 0 Å². The van der Waals surface area contributed by atoms with Crippen LogP contribution in [0.3, 0.4) is 0 Å². The summed E-state index contributed by atoms with van der Waals surface area (Å²) in [6.45, 7) is 8.08. The molecule has 88 valence electrons. The number of nitrogens with two attached hydrogens (primary N) is 1. The summed E-state index contributed by atoms with van der Waals surface area (Å²) < 4.78 is 0. The van der Waals surface area contributed by atoms with E-state index < -0.39 is 0 Å². The van der Waals surface area contributed by atoms with E-state index in [1.165, 1.54) is 0 Å².